The Hall–Kier alpha value is -1.52. The molecular weight excluding hydrogens is 394 g/mol. The number of nitrogens with zero attached hydrogens (tertiary/aromatic N) is 3. The molecule has 0 bridgehead atoms. The first kappa shape index (κ1) is 23.6. The molecule has 0 spiro atoms. The van der Waals surface area contributed by atoms with Crippen molar-refractivity contribution in [2.45, 2.75) is 54.4 Å². The molecule has 2 fully saturated rings. The molecule has 4 nitrogen and oxygen atoms in total. The maximum absolute atomic E-state index is 5.61. The van der Waals surface area contributed by atoms with E-state index in [1.165, 1.54) is 43.0 Å². The van der Waals surface area contributed by atoms with E-state index < -0.39 is 0 Å². The summed E-state index contributed by atoms with van der Waals surface area (Å²) < 4.78 is 5.61. The van der Waals surface area contributed by atoms with Crippen LogP contribution in [0.3, 0.4) is 0 Å². The molecule has 2 saturated heterocycles. The predicted molar refractivity (Wildman–Crippen MR) is 138 cm³/mol. The first-order chi connectivity index (χ1) is 15.1. The van der Waals surface area contributed by atoms with E-state index in [9.17, 15) is 0 Å². The van der Waals surface area contributed by atoms with Crippen molar-refractivity contribution in [1.29, 1.82) is 0 Å². The summed E-state index contributed by atoms with van der Waals surface area (Å²) in [5.41, 5.74) is 6.36. The summed E-state index contributed by atoms with van der Waals surface area (Å²) in [5, 5.41) is 0. The number of allylic oxidation sites excluding steroid dienone is 2. The number of rotatable bonds is 5. The molecule has 4 rings (SSSR count). The van der Waals surface area contributed by atoms with Gasteiger partial charge >= 0.3 is 0 Å². The monoisotopic (exact) mass is 439 g/mol. The van der Waals surface area contributed by atoms with Gasteiger partial charge in [0, 0.05) is 62.8 Å². The summed E-state index contributed by atoms with van der Waals surface area (Å²) >= 11 is 0. The lowest BCUT2D eigenvalue weighted by atomic mass is 9.65. The fourth-order valence-corrected chi connectivity index (χ4v) is 6.32. The van der Waals surface area contributed by atoms with Gasteiger partial charge < -0.3 is 14.5 Å². The molecule has 0 amide bonds. The third-order valence-corrected chi connectivity index (χ3v) is 7.21. The van der Waals surface area contributed by atoms with E-state index >= 15 is 0 Å². The summed E-state index contributed by atoms with van der Waals surface area (Å²) in [6.45, 7) is 23.8. The molecule has 1 aliphatic carbocycles. The zero-order valence-corrected chi connectivity index (χ0v) is 21.4. The average molecular weight is 440 g/mol. The molecule has 32 heavy (non-hydrogen) atoms. The van der Waals surface area contributed by atoms with Crippen molar-refractivity contribution in [1.82, 2.24) is 4.90 Å². The van der Waals surface area contributed by atoms with Gasteiger partial charge in [-0.25, -0.2) is 0 Å². The van der Waals surface area contributed by atoms with Gasteiger partial charge in [-0.05, 0) is 53.4 Å². The SMILES string of the molecule is CC(C)CN1CCN(c2ccc(N3CCOCC3)cc2C2=CC(C)(C)CC(C)(C)C2)CC1. The van der Waals surface area contributed by atoms with Crippen LogP contribution in [0.25, 0.3) is 5.57 Å². The van der Waals surface area contributed by atoms with Crippen molar-refractivity contribution >= 4 is 16.9 Å². The highest BCUT2D eigenvalue weighted by Gasteiger charge is 2.35. The predicted octanol–water partition coefficient (Wildman–Crippen LogP) is 5.53. The minimum atomic E-state index is 0.235. The lowest BCUT2D eigenvalue weighted by Gasteiger charge is -2.42. The minimum absolute atomic E-state index is 0.235. The van der Waals surface area contributed by atoms with Gasteiger partial charge in [0.1, 0.15) is 0 Å². The molecule has 0 unspecified atom stereocenters. The van der Waals surface area contributed by atoms with Gasteiger partial charge in [0.15, 0.2) is 0 Å². The van der Waals surface area contributed by atoms with Crippen LogP contribution in [0.1, 0.15) is 59.9 Å². The molecule has 1 aromatic rings. The fraction of sp³-hybridized carbons (Fsp3) is 0.714. The van der Waals surface area contributed by atoms with E-state index in [-0.39, 0.29) is 5.41 Å². The molecule has 0 aromatic heterocycles. The summed E-state index contributed by atoms with van der Waals surface area (Å²) in [6, 6.07) is 7.25. The fourth-order valence-electron chi connectivity index (χ4n) is 6.32. The molecule has 4 heteroatoms. The van der Waals surface area contributed by atoms with Crippen LogP contribution in [-0.2, 0) is 4.74 Å². The Morgan fingerprint density at radius 2 is 1.59 bits per heavy atom. The summed E-state index contributed by atoms with van der Waals surface area (Å²) in [7, 11) is 0. The highest BCUT2D eigenvalue weighted by atomic mass is 16.5. The van der Waals surface area contributed by atoms with Gasteiger partial charge in [-0.1, -0.05) is 47.6 Å². The van der Waals surface area contributed by atoms with Crippen molar-refractivity contribution in [3.8, 4) is 0 Å². The molecule has 0 saturated carbocycles. The van der Waals surface area contributed by atoms with E-state index in [1.807, 2.05) is 0 Å². The summed E-state index contributed by atoms with van der Waals surface area (Å²) in [6.07, 6.45) is 4.98. The van der Waals surface area contributed by atoms with Crippen LogP contribution in [0.15, 0.2) is 24.3 Å². The van der Waals surface area contributed by atoms with E-state index in [0.29, 0.717) is 5.41 Å². The van der Waals surface area contributed by atoms with E-state index in [2.05, 4.69) is 80.5 Å². The molecular formula is C28H45N3O. The lowest BCUT2D eigenvalue weighted by Crippen LogP contribution is -2.47. The van der Waals surface area contributed by atoms with Gasteiger partial charge in [0.05, 0.1) is 13.2 Å². The number of hydrogen-bond acceptors (Lipinski definition) is 4. The average Bonchev–Trinajstić information content (AvgIpc) is 2.72. The highest BCUT2D eigenvalue weighted by Crippen LogP contribution is 2.49. The third kappa shape index (κ3) is 5.69. The van der Waals surface area contributed by atoms with E-state index in [1.54, 1.807) is 5.57 Å². The van der Waals surface area contributed by atoms with Crippen molar-refractivity contribution < 1.29 is 4.74 Å². The van der Waals surface area contributed by atoms with E-state index in [0.717, 1.165) is 51.7 Å². The molecule has 178 valence electrons. The molecule has 2 aliphatic heterocycles. The third-order valence-electron chi connectivity index (χ3n) is 7.21. The van der Waals surface area contributed by atoms with Crippen LogP contribution in [-0.4, -0.2) is 63.9 Å². The van der Waals surface area contributed by atoms with Crippen molar-refractivity contribution in [2.75, 3.05) is 68.8 Å². The van der Waals surface area contributed by atoms with E-state index in [4.69, 9.17) is 4.74 Å². The quantitative estimate of drug-likeness (QED) is 0.600. The van der Waals surface area contributed by atoms with Gasteiger partial charge in [-0.2, -0.15) is 0 Å². The Kier molecular flexibility index (Phi) is 6.93. The topological polar surface area (TPSA) is 19.0 Å². The molecule has 0 atom stereocenters. The second-order valence-electron chi connectivity index (χ2n) is 12.2. The Morgan fingerprint density at radius 1 is 0.906 bits per heavy atom. The highest BCUT2D eigenvalue weighted by molar-refractivity contribution is 5.81. The minimum Gasteiger partial charge on any atom is -0.378 e. The maximum atomic E-state index is 5.61. The van der Waals surface area contributed by atoms with Crippen molar-refractivity contribution in [3.05, 3.63) is 29.8 Å². The Labute approximate surface area is 196 Å². The largest absolute Gasteiger partial charge is 0.378 e. The Bertz CT molecular complexity index is 812. The number of hydrogen-bond donors (Lipinski definition) is 0. The number of morpholine rings is 1. The first-order valence-electron chi connectivity index (χ1n) is 12.8. The van der Waals surface area contributed by atoms with Gasteiger partial charge in [-0.3, -0.25) is 4.90 Å². The van der Waals surface area contributed by atoms with Crippen LogP contribution in [0, 0.1) is 16.7 Å². The Morgan fingerprint density at radius 3 is 2.22 bits per heavy atom. The van der Waals surface area contributed by atoms with Crippen LogP contribution in [0.5, 0.6) is 0 Å². The zero-order valence-electron chi connectivity index (χ0n) is 21.4. The number of anilines is 2. The van der Waals surface area contributed by atoms with Crippen molar-refractivity contribution in [3.63, 3.8) is 0 Å². The maximum Gasteiger partial charge on any atom is 0.0642 e. The molecule has 3 aliphatic rings. The van der Waals surface area contributed by atoms with Gasteiger partial charge in [-0.15, -0.1) is 0 Å². The van der Waals surface area contributed by atoms with Crippen LogP contribution in [0.2, 0.25) is 0 Å². The molecule has 0 N–H and O–H groups in total. The number of benzene rings is 1. The normalized spacial score (nSPS) is 24.0. The standard InChI is InChI=1S/C28H45N3O/c1-22(2)20-29-9-11-31(12-10-29)26-8-7-24(30-13-15-32-16-14-30)17-25(26)23-18-27(3,4)21-28(5,6)19-23/h7-8,17-18,22H,9-16,19-21H2,1-6H3. The van der Waals surface area contributed by atoms with Gasteiger partial charge in [0.2, 0.25) is 0 Å². The van der Waals surface area contributed by atoms with Crippen LogP contribution in [0.4, 0.5) is 11.4 Å². The second kappa shape index (κ2) is 9.38. The molecule has 2 heterocycles. The molecule has 0 radical (unpaired) electrons. The summed E-state index contributed by atoms with van der Waals surface area (Å²) in [5.74, 6) is 0.738. The van der Waals surface area contributed by atoms with Crippen molar-refractivity contribution in [2.24, 2.45) is 16.7 Å². The smallest absolute Gasteiger partial charge is 0.0642 e. The van der Waals surface area contributed by atoms with Crippen LogP contribution < -0.4 is 9.80 Å². The second-order valence-corrected chi connectivity index (χ2v) is 12.2. The first-order valence-corrected chi connectivity index (χ1v) is 12.8. The number of piperazine rings is 1. The van der Waals surface area contributed by atoms with Gasteiger partial charge in [0.25, 0.3) is 0 Å². The summed E-state index contributed by atoms with van der Waals surface area (Å²) in [4.78, 5) is 7.77. The molecule has 1 aromatic carbocycles. The Balaban J connectivity index is 1.66. The zero-order chi connectivity index (χ0) is 22.9. The number of ether oxygens (including phenoxy) is 1. The lowest BCUT2D eigenvalue weighted by molar-refractivity contribution is 0.122. The van der Waals surface area contributed by atoms with Crippen LogP contribution >= 0.6 is 0 Å².